The number of carbonyl (C=O) groups is 1. The molecule has 112 valence electrons. The van der Waals surface area contributed by atoms with E-state index >= 15 is 0 Å². The summed E-state index contributed by atoms with van der Waals surface area (Å²) in [6.45, 7) is 11.7. The van der Waals surface area contributed by atoms with Crippen LogP contribution in [0.5, 0.6) is 0 Å². The Kier molecular flexibility index (Phi) is 6.27. The molecule has 0 aliphatic rings. The van der Waals surface area contributed by atoms with Gasteiger partial charge in [-0.1, -0.05) is 25.4 Å². The molecule has 1 aromatic rings. The van der Waals surface area contributed by atoms with Crippen molar-refractivity contribution in [2.45, 2.75) is 40.7 Å². The maximum Gasteiger partial charge on any atom is 0.255 e. The summed E-state index contributed by atoms with van der Waals surface area (Å²) in [6, 6.07) is 1.84. The summed E-state index contributed by atoms with van der Waals surface area (Å²) in [5.74, 6) is 1.02. The van der Waals surface area contributed by atoms with Crippen LogP contribution in [-0.4, -0.2) is 34.9 Å². The topological polar surface area (TPSA) is 45.2 Å². The summed E-state index contributed by atoms with van der Waals surface area (Å²) in [7, 11) is 0. The van der Waals surface area contributed by atoms with Crippen molar-refractivity contribution in [3.63, 3.8) is 0 Å². The van der Waals surface area contributed by atoms with Crippen molar-refractivity contribution < 1.29 is 4.79 Å². The van der Waals surface area contributed by atoms with E-state index in [2.05, 4.69) is 24.1 Å². The van der Waals surface area contributed by atoms with E-state index in [0.717, 1.165) is 13.1 Å². The second-order valence-corrected chi connectivity index (χ2v) is 5.94. The van der Waals surface area contributed by atoms with E-state index in [1.807, 2.05) is 25.7 Å². The van der Waals surface area contributed by atoms with Crippen molar-refractivity contribution in [2.75, 3.05) is 18.4 Å². The Morgan fingerprint density at radius 3 is 2.50 bits per heavy atom. The van der Waals surface area contributed by atoms with Crippen LogP contribution >= 0.6 is 11.6 Å². The zero-order chi connectivity index (χ0) is 15.3. The lowest BCUT2D eigenvalue weighted by atomic mass is 10.1. The molecule has 0 saturated carbocycles. The fourth-order valence-corrected chi connectivity index (χ4v) is 2.17. The second-order valence-electron chi connectivity index (χ2n) is 5.53. The Labute approximate surface area is 126 Å². The van der Waals surface area contributed by atoms with Crippen LogP contribution in [0.25, 0.3) is 0 Å². The van der Waals surface area contributed by atoms with Crippen molar-refractivity contribution in [3.8, 4) is 0 Å². The maximum absolute atomic E-state index is 12.6. The number of nitrogens with one attached hydrogen (secondary N) is 1. The zero-order valence-corrected chi connectivity index (χ0v) is 13.7. The van der Waals surface area contributed by atoms with Crippen molar-refractivity contribution in [1.29, 1.82) is 0 Å². The molecule has 0 saturated heterocycles. The first kappa shape index (κ1) is 16.8. The molecular formula is C15H24ClN3O. The minimum absolute atomic E-state index is 0.0221. The van der Waals surface area contributed by atoms with Crippen molar-refractivity contribution >= 4 is 23.3 Å². The Bertz CT molecular complexity index is 460. The average Bonchev–Trinajstić information content (AvgIpc) is 2.37. The van der Waals surface area contributed by atoms with Gasteiger partial charge in [-0.25, -0.2) is 4.98 Å². The molecule has 1 heterocycles. The van der Waals surface area contributed by atoms with Gasteiger partial charge in [-0.3, -0.25) is 4.79 Å². The number of pyridine rings is 1. The van der Waals surface area contributed by atoms with Gasteiger partial charge in [0.05, 0.1) is 10.6 Å². The van der Waals surface area contributed by atoms with Crippen LogP contribution in [0.2, 0.25) is 5.02 Å². The molecule has 1 amide bonds. The van der Waals surface area contributed by atoms with E-state index < -0.39 is 0 Å². The fourth-order valence-electron chi connectivity index (χ4n) is 1.94. The number of halogens is 1. The van der Waals surface area contributed by atoms with Crippen LogP contribution in [0.1, 0.15) is 45.0 Å². The SMILES string of the molecule is CCNc1ncc(C(=O)N(CC(C)C)C(C)C)cc1Cl. The van der Waals surface area contributed by atoms with Crippen LogP contribution in [0.4, 0.5) is 5.82 Å². The van der Waals surface area contributed by atoms with E-state index in [0.29, 0.717) is 22.3 Å². The number of hydrogen-bond acceptors (Lipinski definition) is 3. The van der Waals surface area contributed by atoms with Crippen LogP contribution in [0, 0.1) is 5.92 Å². The summed E-state index contributed by atoms with van der Waals surface area (Å²) in [5.41, 5.74) is 0.533. The van der Waals surface area contributed by atoms with Gasteiger partial charge in [0.15, 0.2) is 0 Å². The van der Waals surface area contributed by atoms with Crippen molar-refractivity contribution in [2.24, 2.45) is 5.92 Å². The lowest BCUT2D eigenvalue weighted by molar-refractivity contribution is 0.0681. The van der Waals surface area contributed by atoms with E-state index in [4.69, 9.17) is 11.6 Å². The highest BCUT2D eigenvalue weighted by atomic mass is 35.5. The molecule has 1 rings (SSSR count). The molecule has 5 heteroatoms. The molecule has 0 spiro atoms. The second kappa shape index (κ2) is 7.48. The minimum atomic E-state index is -0.0221. The average molecular weight is 298 g/mol. The molecule has 0 aliphatic heterocycles. The van der Waals surface area contributed by atoms with Crippen LogP contribution in [-0.2, 0) is 0 Å². The standard InChI is InChI=1S/C15H24ClN3O/c1-6-17-14-13(16)7-12(8-18-14)15(20)19(11(4)5)9-10(2)3/h7-8,10-11H,6,9H2,1-5H3,(H,17,18). The van der Waals surface area contributed by atoms with Gasteiger partial charge in [0.2, 0.25) is 0 Å². The van der Waals surface area contributed by atoms with Gasteiger partial charge in [0.25, 0.3) is 5.91 Å². The van der Waals surface area contributed by atoms with Gasteiger partial charge in [0.1, 0.15) is 5.82 Å². The molecule has 0 aromatic carbocycles. The van der Waals surface area contributed by atoms with E-state index in [1.165, 1.54) is 0 Å². The van der Waals surface area contributed by atoms with Gasteiger partial charge in [-0.2, -0.15) is 0 Å². The summed E-state index contributed by atoms with van der Waals surface area (Å²) in [6.07, 6.45) is 1.59. The molecule has 0 atom stereocenters. The first-order chi connectivity index (χ1) is 9.36. The third kappa shape index (κ3) is 4.37. The number of aromatic nitrogens is 1. The van der Waals surface area contributed by atoms with Gasteiger partial charge in [-0.15, -0.1) is 0 Å². The highest BCUT2D eigenvalue weighted by Crippen LogP contribution is 2.21. The largest absolute Gasteiger partial charge is 0.369 e. The summed E-state index contributed by atoms with van der Waals surface area (Å²) in [5, 5.41) is 3.54. The molecule has 20 heavy (non-hydrogen) atoms. The lowest BCUT2D eigenvalue weighted by Crippen LogP contribution is -2.39. The molecular weight excluding hydrogens is 274 g/mol. The monoisotopic (exact) mass is 297 g/mol. The molecule has 0 unspecified atom stereocenters. The summed E-state index contributed by atoms with van der Waals surface area (Å²) in [4.78, 5) is 18.6. The Morgan fingerprint density at radius 2 is 2.05 bits per heavy atom. The fraction of sp³-hybridized carbons (Fsp3) is 0.600. The predicted octanol–water partition coefficient (Wildman–Crippen LogP) is 3.67. The van der Waals surface area contributed by atoms with Crippen molar-refractivity contribution in [1.82, 2.24) is 9.88 Å². The number of nitrogens with zero attached hydrogens (tertiary/aromatic N) is 2. The number of amides is 1. The Morgan fingerprint density at radius 1 is 1.40 bits per heavy atom. The van der Waals surface area contributed by atoms with Gasteiger partial charge < -0.3 is 10.2 Å². The summed E-state index contributed by atoms with van der Waals surface area (Å²) < 4.78 is 0. The predicted molar refractivity (Wildman–Crippen MR) is 84.4 cm³/mol. The molecule has 1 aromatic heterocycles. The highest BCUT2D eigenvalue weighted by molar-refractivity contribution is 6.33. The molecule has 0 fully saturated rings. The quantitative estimate of drug-likeness (QED) is 0.871. The van der Waals surface area contributed by atoms with Crippen LogP contribution in [0.3, 0.4) is 0 Å². The molecule has 4 nitrogen and oxygen atoms in total. The Hall–Kier alpha value is -1.29. The van der Waals surface area contributed by atoms with Gasteiger partial charge >= 0.3 is 0 Å². The number of rotatable bonds is 6. The minimum Gasteiger partial charge on any atom is -0.369 e. The normalized spacial score (nSPS) is 11.0. The number of hydrogen-bond donors (Lipinski definition) is 1. The number of carbonyl (C=O) groups excluding carboxylic acids is 1. The van der Waals surface area contributed by atoms with Gasteiger partial charge in [0, 0.05) is 25.3 Å². The maximum atomic E-state index is 12.6. The van der Waals surface area contributed by atoms with Crippen molar-refractivity contribution in [3.05, 3.63) is 22.8 Å². The zero-order valence-electron chi connectivity index (χ0n) is 12.9. The smallest absolute Gasteiger partial charge is 0.255 e. The van der Waals surface area contributed by atoms with Crippen LogP contribution in [0.15, 0.2) is 12.3 Å². The van der Waals surface area contributed by atoms with E-state index in [1.54, 1.807) is 12.3 Å². The number of anilines is 1. The van der Waals surface area contributed by atoms with E-state index in [-0.39, 0.29) is 11.9 Å². The lowest BCUT2D eigenvalue weighted by Gasteiger charge is -2.28. The van der Waals surface area contributed by atoms with Gasteiger partial charge in [-0.05, 0) is 32.8 Å². The first-order valence-electron chi connectivity index (χ1n) is 7.07. The highest BCUT2D eigenvalue weighted by Gasteiger charge is 2.20. The third-order valence-corrected chi connectivity index (χ3v) is 3.17. The summed E-state index contributed by atoms with van der Waals surface area (Å²) >= 11 is 6.15. The molecule has 0 radical (unpaired) electrons. The molecule has 0 bridgehead atoms. The van der Waals surface area contributed by atoms with E-state index in [9.17, 15) is 4.79 Å². The van der Waals surface area contributed by atoms with Crippen LogP contribution < -0.4 is 5.32 Å². The first-order valence-corrected chi connectivity index (χ1v) is 7.45. The molecule has 0 aliphatic carbocycles. The molecule has 1 N–H and O–H groups in total. The third-order valence-electron chi connectivity index (χ3n) is 2.88. The Balaban J connectivity index is 2.97.